The maximum atomic E-state index is 12.2. The highest BCUT2D eigenvalue weighted by molar-refractivity contribution is 5.91. The number of hydrogen-bond acceptors (Lipinski definition) is 6. The molecule has 1 spiro atoms. The van der Waals surface area contributed by atoms with Gasteiger partial charge in [0.05, 0.1) is 29.6 Å². The molecule has 1 aromatic carbocycles. The van der Waals surface area contributed by atoms with Crippen molar-refractivity contribution in [3.8, 4) is 6.07 Å². The van der Waals surface area contributed by atoms with E-state index in [4.69, 9.17) is 24.3 Å². The lowest BCUT2D eigenvalue weighted by Crippen LogP contribution is -2.41. The minimum Gasteiger partial charge on any atom is -0.483 e. The molecule has 4 heterocycles. The van der Waals surface area contributed by atoms with Crippen molar-refractivity contribution < 1.29 is 23.8 Å². The van der Waals surface area contributed by atoms with Crippen LogP contribution in [0.3, 0.4) is 0 Å². The second kappa shape index (κ2) is 8.92. The average molecular weight is 423 g/mol. The van der Waals surface area contributed by atoms with Gasteiger partial charge in [0.1, 0.15) is 0 Å². The van der Waals surface area contributed by atoms with Gasteiger partial charge in [-0.15, -0.1) is 0 Å². The minimum absolute atomic E-state index is 0.0718. The Balaban J connectivity index is 0.000000730. The summed E-state index contributed by atoms with van der Waals surface area (Å²) in [4.78, 5) is 23.0. The Morgan fingerprint density at radius 3 is 2.97 bits per heavy atom. The molecule has 1 aromatic heterocycles. The van der Waals surface area contributed by atoms with E-state index in [1.165, 1.54) is 6.26 Å². The molecular weight excluding hydrogens is 398 g/mol. The van der Waals surface area contributed by atoms with Crippen LogP contribution in [0.1, 0.15) is 34.5 Å². The lowest BCUT2D eigenvalue weighted by molar-refractivity contribution is -0.122. The first-order valence-electron chi connectivity index (χ1n) is 10.4. The number of nitriles is 1. The molecule has 0 saturated carbocycles. The number of nitrogens with one attached hydrogen (secondary N) is 1. The van der Waals surface area contributed by atoms with Gasteiger partial charge in [0.2, 0.25) is 0 Å². The van der Waals surface area contributed by atoms with Crippen molar-refractivity contribution >= 4 is 12.4 Å². The summed E-state index contributed by atoms with van der Waals surface area (Å²) in [5.74, 6) is 0.958. The van der Waals surface area contributed by atoms with Crippen LogP contribution in [-0.4, -0.2) is 53.7 Å². The first kappa shape index (κ1) is 21.1. The molecule has 2 N–H and O–H groups in total. The number of carbonyl (C=O) groups is 2. The number of carboxylic acid groups (broad SMARTS) is 1. The summed E-state index contributed by atoms with van der Waals surface area (Å²) in [6, 6.07) is 13.4. The number of fused-ring (bicyclic) bond motifs is 1. The SMILES string of the molecule is N#Cc1cccc(CN2C[C@@H]3[C@H](CNC(=O)c4ccco4)[C@H]4CC[C@]3(C2)O4)c1.O=CO. The number of benzene rings is 1. The molecule has 162 valence electrons. The van der Waals surface area contributed by atoms with E-state index >= 15 is 0 Å². The molecule has 3 saturated heterocycles. The summed E-state index contributed by atoms with van der Waals surface area (Å²) in [5.41, 5.74) is 1.79. The standard InChI is InChI=1S/C22H23N3O3.CH2O2/c23-10-15-3-1-4-16(9-15)12-25-13-18-17(19-6-7-22(18,14-25)28-19)11-24-21(26)20-5-2-8-27-20;2-1-3/h1-5,8-9,17-19H,6-7,11-14H2,(H,24,26);1H,(H,2,3)/t17-,18+,19+,22+;/m0./s1. The van der Waals surface area contributed by atoms with E-state index in [-0.39, 0.29) is 24.1 Å². The molecule has 0 radical (unpaired) electrons. The number of amides is 1. The van der Waals surface area contributed by atoms with Crippen molar-refractivity contribution in [2.24, 2.45) is 11.8 Å². The van der Waals surface area contributed by atoms with Gasteiger partial charge in [0.15, 0.2) is 5.76 Å². The number of carbonyl (C=O) groups excluding carboxylic acids is 1. The fourth-order valence-corrected chi connectivity index (χ4v) is 5.38. The van der Waals surface area contributed by atoms with Gasteiger partial charge in [-0.2, -0.15) is 5.26 Å². The van der Waals surface area contributed by atoms with Crippen molar-refractivity contribution in [2.75, 3.05) is 19.6 Å². The van der Waals surface area contributed by atoms with Gasteiger partial charge in [-0.25, -0.2) is 0 Å². The highest BCUT2D eigenvalue weighted by atomic mass is 16.5. The van der Waals surface area contributed by atoms with E-state index in [0.717, 1.165) is 38.0 Å². The van der Waals surface area contributed by atoms with Crippen molar-refractivity contribution in [2.45, 2.75) is 31.1 Å². The zero-order chi connectivity index (χ0) is 21.8. The summed E-state index contributed by atoms with van der Waals surface area (Å²) >= 11 is 0. The van der Waals surface area contributed by atoms with Crippen molar-refractivity contribution in [3.05, 3.63) is 59.5 Å². The van der Waals surface area contributed by atoms with E-state index in [1.54, 1.807) is 12.1 Å². The normalized spacial score (nSPS) is 28.3. The van der Waals surface area contributed by atoms with Gasteiger partial charge in [-0.1, -0.05) is 12.1 Å². The number of rotatable bonds is 5. The highest BCUT2D eigenvalue weighted by Gasteiger charge is 2.62. The van der Waals surface area contributed by atoms with Gasteiger partial charge in [0.25, 0.3) is 12.4 Å². The van der Waals surface area contributed by atoms with Crippen LogP contribution in [0.4, 0.5) is 0 Å². The van der Waals surface area contributed by atoms with Crippen LogP contribution < -0.4 is 5.32 Å². The molecule has 5 rings (SSSR count). The molecule has 1 amide bonds. The third-order valence-electron chi connectivity index (χ3n) is 6.56. The van der Waals surface area contributed by atoms with Crippen molar-refractivity contribution in [3.63, 3.8) is 0 Å². The largest absolute Gasteiger partial charge is 0.483 e. The number of likely N-dealkylation sites (tertiary alicyclic amines) is 1. The van der Waals surface area contributed by atoms with Gasteiger partial charge in [0, 0.05) is 38.0 Å². The van der Waals surface area contributed by atoms with Gasteiger partial charge in [-0.3, -0.25) is 14.5 Å². The molecule has 0 unspecified atom stereocenters. The van der Waals surface area contributed by atoms with Crippen LogP contribution >= 0.6 is 0 Å². The summed E-state index contributed by atoms with van der Waals surface area (Å²) in [5, 5.41) is 19.0. The molecule has 4 atom stereocenters. The summed E-state index contributed by atoms with van der Waals surface area (Å²) in [6.45, 7) is 3.09. The maximum absolute atomic E-state index is 12.2. The van der Waals surface area contributed by atoms with Gasteiger partial charge in [-0.05, 0) is 42.7 Å². The maximum Gasteiger partial charge on any atom is 0.290 e. The van der Waals surface area contributed by atoms with Gasteiger partial charge >= 0.3 is 0 Å². The molecule has 0 aliphatic carbocycles. The fourth-order valence-electron chi connectivity index (χ4n) is 5.38. The number of furan rings is 1. The van der Waals surface area contributed by atoms with Crippen molar-refractivity contribution in [1.82, 2.24) is 10.2 Å². The van der Waals surface area contributed by atoms with Gasteiger partial charge < -0.3 is 19.6 Å². The molecule has 2 bridgehead atoms. The predicted molar refractivity (Wildman–Crippen MR) is 110 cm³/mol. The topological polar surface area (TPSA) is 116 Å². The summed E-state index contributed by atoms with van der Waals surface area (Å²) < 4.78 is 11.6. The third kappa shape index (κ3) is 4.20. The van der Waals surface area contributed by atoms with Crippen LogP contribution in [0, 0.1) is 23.2 Å². The first-order valence-corrected chi connectivity index (χ1v) is 10.4. The van der Waals surface area contributed by atoms with Crippen LogP contribution in [0.2, 0.25) is 0 Å². The fraction of sp³-hybridized carbons (Fsp3) is 0.435. The van der Waals surface area contributed by atoms with Crippen LogP contribution in [0.5, 0.6) is 0 Å². The van der Waals surface area contributed by atoms with Crippen LogP contribution in [0.15, 0.2) is 47.1 Å². The van der Waals surface area contributed by atoms with E-state index in [9.17, 15) is 4.79 Å². The van der Waals surface area contributed by atoms with Crippen LogP contribution in [0.25, 0.3) is 0 Å². The third-order valence-corrected chi connectivity index (χ3v) is 6.56. The van der Waals surface area contributed by atoms with E-state index in [0.29, 0.717) is 29.7 Å². The lowest BCUT2D eigenvalue weighted by atomic mass is 9.73. The van der Waals surface area contributed by atoms with E-state index < -0.39 is 0 Å². The Morgan fingerprint density at radius 1 is 1.39 bits per heavy atom. The molecular formula is C23H25N3O5. The predicted octanol–water partition coefficient (Wildman–Crippen LogP) is 2.26. The summed E-state index contributed by atoms with van der Waals surface area (Å²) in [7, 11) is 0. The number of hydrogen-bond donors (Lipinski definition) is 2. The van der Waals surface area contributed by atoms with Crippen molar-refractivity contribution in [1.29, 1.82) is 5.26 Å². The Hall–Kier alpha value is -3.15. The average Bonchev–Trinajstić information content (AvgIpc) is 3.54. The Labute approximate surface area is 180 Å². The minimum atomic E-state index is -0.250. The molecule has 2 aromatic rings. The first-order chi connectivity index (χ1) is 15.1. The summed E-state index contributed by atoms with van der Waals surface area (Å²) in [6.07, 6.45) is 3.92. The number of nitrogens with zero attached hydrogens (tertiary/aromatic N) is 2. The van der Waals surface area contributed by atoms with E-state index in [2.05, 4.69) is 22.4 Å². The molecule has 3 aliphatic heterocycles. The molecule has 8 heteroatoms. The Bertz CT molecular complexity index is 970. The monoisotopic (exact) mass is 423 g/mol. The second-order valence-electron chi connectivity index (χ2n) is 8.30. The van der Waals surface area contributed by atoms with E-state index in [1.807, 2.05) is 18.2 Å². The quantitative estimate of drug-likeness (QED) is 0.709. The zero-order valence-corrected chi connectivity index (χ0v) is 17.1. The number of ether oxygens (including phenoxy) is 1. The van der Waals surface area contributed by atoms with Crippen LogP contribution in [-0.2, 0) is 16.1 Å². The molecule has 31 heavy (non-hydrogen) atoms. The Kier molecular flexibility index (Phi) is 6.07. The Morgan fingerprint density at radius 2 is 2.23 bits per heavy atom. The smallest absolute Gasteiger partial charge is 0.290 e. The molecule has 3 fully saturated rings. The highest BCUT2D eigenvalue weighted by Crippen LogP contribution is 2.54. The second-order valence-corrected chi connectivity index (χ2v) is 8.30. The molecule has 3 aliphatic rings. The lowest BCUT2D eigenvalue weighted by Gasteiger charge is -2.29. The molecule has 8 nitrogen and oxygen atoms in total. The zero-order valence-electron chi connectivity index (χ0n) is 17.1.